The lowest BCUT2D eigenvalue weighted by molar-refractivity contribution is 0.296. The van der Waals surface area contributed by atoms with Crippen molar-refractivity contribution in [3.8, 4) is 0 Å². The third kappa shape index (κ3) is 0.778. The molecule has 1 aromatic rings. The Morgan fingerprint density at radius 3 is 3.10 bits per heavy atom. The van der Waals surface area contributed by atoms with Gasteiger partial charge in [0.2, 0.25) is 0 Å². The molecule has 0 saturated carbocycles. The van der Waals surface area contributed by atoms with E-state index < -0.39 is 0 Å². The zero-order chi connectivity index (χ0) is 6.81. The molecule has 2 nitrogen and oxygen atoms in total. The summed E-state index contributed by atoms with van der Waals surface area (Å²) in [7, 11) is 0. The van der Waals surface area contributed by atoms with Gasteiger partial charge in [-0.25, -0.2) is 4.99 Å². The molecule has 1 aliphatic rings. The average molecular weight is 133 g/mol. The van der Waals surface area contributed by atoms with Crippen LogP contribution in [0.5, 0.6) is 0 Å². The molecule has 1 aromatic carbocycles. The van der Waals surface area contributed by atoms with Crippen LogP contribution in [-0.2, 0) is 4.74 Å². The maximum atomic E-state index is 5.00. The van der Waals surface area contributed by atoms with Crippen molar-refractivity contribution < 1.29 is 4.74 Å². The summed E-state index contributed by atoms with van der Waals surface area (Å²) in [5.41, 5.74) is 0. The molecule has 0 radical (unpaired) electrons. The number of ether oxygens (including phenoxy) is 1. The second-order valence-electron chi connectivity index (χ2n) is 2.13. The molecule has 2 heteroatoms. The lowest BCUT2D eigenvalue weighted by Gasteiger charge is -1.99. The molecule has 1 heterocycles. The third-order valence-corrected chi connectivity index (χ3v) is 1.46. The molecular formula is C8H7NO. The molecule has 0 atom stereocenters. The van der Waals surface area contributed by atoms with Gasteiger partial charge in [-0.15, -0.1) is 0 Å². The molecular weight excluding hydrogens is 126 g/mol. The number of para-hydroxylation sites is 1. The first kappa shape index (κ1) is 5.47. The van der Waals surface area contributed by atoms with Crippen LogP contribution in [0, 0.1) is 0 Å². The fourth-order valence-electron chi connectivity index (χ4n) is 0.965. The molecule has 0 spiro atoms. The van der Waals surface area contributed by atoms with Crippen molar-refractivity contribution in [2.75, 3.05) is 6.73 Å². The largest absolute Gasteiger partial charge is 0.478 e. The standard InChI is InChI=1S/C8H7NO/c1-2-4-8-7(3-1)5-10-6-9-8/h1-5H,6H2. The van der Waals surface area contributed by atoms with Crippen LogP contribution in [0.15, 0.2) is 29.3 Å². The number of rotatable bonds is 0. The van der Waals surface area contributed by atoms with Crippen molar-refractivity contribution in [3.05, 3.63) is 34.8 Å². The highest BCUT2D eigenvalue weighted by Gasteiger charge is 1.89. The molecule has 0 saturated heterocycles. The maximum absolute atomic E-state index is 5.00. The molecule has 0 bridgehead atoms. The molecule has 2 rings (SSSR count). The van der Waals surface area contributed by atoms with Gasteiger partial charge in [-0.1, -0.05) is 12.1 Å². The summed E-state index contributed by atoms with van der Waals surface area (Å²) < 4.78 is 5.00. The van der Waals surface area contributed by atoms with Crippen LogP contribution < -0.4 is 10.6 Å². The average Bonchev–Trinajstić information content (AvgIpc) is 2.05. The van der Waals surface area contributed by atoms with Gasteiger partial charge < -0.3 is 4.74 Å². The Balaban J connectivity index is 2.84. The number of hydrogen-bond acceptors (Lipinski definition) is 2. The molecule has 10 heavy (non-hydrogen) atoms. The highest BCUT2D eigenvalue weighted by Crippen LogP contribution is 1.81. The molecule has 50 valence electrons. The Bertz CT molecular complexity index is 308. The van der Waals surface area contributed by atoms with E-state index in [9.17, 15) is 0 Å². The highest BCUT2D eigenvalue weighted by molar-refractivity contribution is 5.17. The minimum atomic E-state index is 0.455. The minimum absolute atomic E-state index is 0.455. The van der Waals surface area contributed by atoms with Crippen LogP contribution in [0.1, 0.15) is 0 Å². The van der Waals surface area contributed by atoms with Gasteiger partial charge in [0.1, 0.15) is 0 Å². The Kier molecular flexibility index (Phi) is 1.17. The predicted octanol–water partition coefficient (Wildman–Crippen LogP) is 0.0319. The van der Waals surface area contributed by atoms with E-state index in [0.717, 1.165) is 10.6 Å². The summed E-state index contributed by atoms with van der Waals surface area (Å²) in [4.78, 5) is 4.14. The van der Waals surface area contributed by atoms with E-state index in [2.05, 4.69) is 4.99 Å². The van der Waals surface area contributed by atoms with Gasteiger partial charge >= 0.3 is 0 Å². The lowest BCUT2D eigenvalue weighted by Crippen LogP contribution is -2.27. The molecule has 0 fully saturated rings. The number of benzene rings is 1. The fourth-order valence-corrected chi connectivity index (χ4v) is 0.965. The summed E-state index contributed by atoms with van der Waals surface area (Å²) in [5, 5.41) is 2.09. The molecule has 0 amide bonds. The second-order valence-corrected chi connectivity index (χ2v) is 2.13. The summed E-state index contributed by atoms with van der Waals surface area (Å²) in [6, 6.07) is 7.91. The second kappa shape index (κ2) is 2.14. The van der Waals surface area contributed by atoms with Crippen molar-refractivity contribution in [1.29, 1.82) is 0 Å². The summed E-state index contributed by atoms with van der Waals surface area (Å²) in [6.45, 7) is 0.455. The molecule has 0 aromatic heterocycles. The fraction of sp³-hybridized carbons (Fsp3) is 0.125. The Morgan fingerprint density at radius 1 is 1.30 bits per heavy atom. The van der Waals surface area contributed by atoms with E-state index in [1.807, 2.05) is 24.3 Å². The highest BCUT2D eigenvalue weighted by atomic mass is 16.5. The van der Waals surface area contributed by atoms with Gasteiger partial charge in [-0.3, -0.25) is 0 Å². The monoisotopic (exact) mass is 133 g/mol. The minimum Gasteiger partial charge on any atom is -0.478 e. The van der Waals surface area contributed by atoms with E-state index in [4.69, 9.17) is 4.74 Å². The number of nitrogens with zero attached hydrogens (tertiary/aromatic N) is 1. The summed E-state index contributed by atoms with van der Waals surface area (Å²) >= 11 is 0. The number of hydrogen-bond donors (Lipinski definition) is 0. The molecule has 0 unspecified atom stereocenters. The topological polar surface area (TPSA) is 21.6 Å². The van der Waals surface area contributed by atoms with Crippen LogP contribution >= 0.6 is 0 Å². The Hall–Kier alpha value is -1.31. The van der Waals surface area contributed by atoms with Crippen molar-refractivity contribution >= 4 is 6.26 Å². The van der Waals surface area contributed by atoms with Crippen LogP contribution in [0.4, 0.5) is 0 Å². The van der Waals surface area contributed by atoms with Gasteiger partial charge in [0.15, 0.2) is 6.73 Å². The smallest absolute Gasteiger partial charge is 0.178 e. The number of fused-ring (bicyclic) bond motifs is 1. The van der Waals surface area contributed by atoms with Crippen LogP contribution in [0.3, 0.4) is 0 Å². The van der Waals surface area contributed by atoms with E-state index in [-0.39, 0.29) is 0 Å². The first-order valence-electron chi connectivity index (χ1n) is 3.18. The predicted molar refractivity (Wildman–Crippen MR) is 37.6 cm³/mol. The lowest BCUT2D eigenvalue weighted by atomic mass is 10.3. The maximum Gasteiger partial charge on any atom is 0.178 e. The van der Waals surface area contributed by atoms with E-state index in [1.165, 1.54) is 0 Å². The normalized spacial score (nSPS) is 14.0. The van der Waals surface area contributed by atoms with Gasteiger partial charge in [-0.05, 0) is 12.1 Å². The quantitative estimate of drug-likeness (QED) is 0.489. The van der Waals surface area contributed by atoms with Gasteiger partial charge in [0.05, 0.1) is 11.6 Å². The van der Waals surface area contributed by atoms with Gasteiger partial charge in [-0.2, -0.15) is 0 Å². The van der Waals surface area contributed by atoms with Crippen LogP contribution in [0.2, 0.25) is 0 Å². The Morgan fingerprint density at radius 2 is 2.20 bits per heavy atom. The first-order valence-corrected chi connectivity index (χ1v) is 3.18. The zero-order valence-electron chi connectivity index (χ0n) is 5.45. The van der Waals surface area contributed by atoms with Crippen molar-refractivity contribution in [3.63, 3.8) is 0 Å². The third-order valence-electron chi connectivity index (χ3n) is 1.46. The van der Waals surface area contributed by atoms with Gasteiger partial charge in [0, 0.05) is 5.22 Å². The van der Waals surface area contributed by atoms with Crippen molar-refractivity contribution in [2.45, 2.75) is 0 Å². The zero-order valence-corrected chi connectivity index (χ0v) is 5.45. The van der Waals surface area contributed by atoms with Crippen LogP contribution in [0.25, 0.3) is 6.26 Å². The van der Waals surface area contributed by atoms with E-state index >= 15 is 0 Å². The van der Waals surface area contributed by atoms with E-state index in [0.29, 0.717) is 6.73 Å². The van der Waals surface area contributed by atoms with Gasteiger partial charge in [0.25, 0.3) is 0 Å². The SMILES string of the molecule is C1=c2ccccc2=NCO1. The first-order chi connectivity index (χ1) is 4.97. The summed E-state index contributed by atoms with van der Waals surface area (Å²) in [5.74, 6) is 0. The van der Waals surface area contributed by atoms with Crippen molar-refractivity contribution in [1.82, 2.24) is 0 Å². The molecule has 0 N–H and O–H groups in total. The van der Waals surface area contributed by atoms with Crippen LogP contribution in [-0.4, -0.2) is 6.73 Å². The summed E-state index contributed by atoms with van der Waals surface area (Å²) in [6.07, 6.45) is 1.74. The van der Waals surface area contributed by atoms with Crippen molar-refractivity contribution in [2.24, 2.45) is 4.99 Å². The molecule has 1 aliphatic heterocycles. The molecule has 0 aliphatic carbocycles. The van der Waals surface area contributed by atoms with E-state index in [1.54, 1.807) is 6.26 Å². The Labute approximate surface area is 58.5 Å².